The van der Waals surface area contributed by atoms with Crippen molar-refractivity contribution in [2.24, 2.45) is 4.99 Å². The molecule has 2 heterocycles. The van der Waals surface area contributed by atoms with Crippen LogP contribution in [0.2, 0.25) is 0 Å². The first kappa shape index (κ1) is 17.4. The van der Waals surface area contributed by atoms with Crippen molar-refractivity contribution < 1.29 is 0 Å². The Bertz CT molecular complexity index is 1440. The van der Waals surface area contributed by atoms with E-state index in [0.29, 0.717) is 0 Å². The minimum absolute atomic E-state index is 0.116. The quantitative estimate of drug-likeness (QED) is 0.324. The number of nitrogens with zero attached hydrogens (tertiary/aromatic N) is 1. The van der Waals surface area contributed by atoms with Crippen LogP contribution in [0.4, 0.5) is 5.69 Å². The van der Waals surface area contributed by atoms with Gasteiger partial charge in [-0.3, -0.25) is 0 Å². The molecule has 0 amide bonds. The van der Waals surface area contributed by atoms with Crippen LogP contribution in [0.15, 0.2) is 96.0 Å². The third kappa shape index (κ3) is 2.74. The molecule has 6 rings (SSSR count). The number of hydrogen-bond acceptors (Lipinski definition) is 3. The zero-order chi connectivity index (χ0) is 20.1. The van der Waals surface area contributed by atoms with Crippen LogP contribution in [0.25, 0.3) is 32.0 Å². The van der Waals surface area contributed by atoms with E-state index in [1.54, 1.807) is 0 Å². The molecule has 30 heavy (non-hydrogen) atoms. The fourth-order valence-electron chi connectivity index (χ4n) is 4.43. The normalized spacial score (nSPS) is 15.6. The first-order chi connectivity index (χ1) is 14.8. The Morgan fingerprint density at radius 2 is 1.57 bits per heavy atom. The van der Waals surface area contributed by atoms with E-state index in [2.05, 4.69) is 103 Å². The molecule has 0 fully saturated rings. The summed E-state index contributed by atoms with van der Waals surface area (Å²) in [6.07, 6.45) is 0. The maximum atomic E-state index is 4.85. The molecule has 2 nitrogen and oxygen atoms in total. The second-order valence-corrected chi connectivity index (χ2v) is 8.82. The van der Waals surface area contributed by atoms with Crippen molar-refractivity contribution in [1.29, 1.82) is 0 Å². The van der Waals surface area contributed by atoms with Crippen LogP contribution in [0.1, 0.15) is 23.4 Å². The fraction of sp³-hybridized carbons (Fsp3) is 0.0741. The van der Waals surface area contributed by atoms with Crippen LogP contribution in [0.5, 0.6) is 0 Å². The van der Waals surface area contributed by atoms with Gasteiger partial charge >= 0.3 is 0 Å². The predicted molar refractivity (Wildman–Crippen MR) is 129 cm³/mol. The Labute approximate surface area is 179 Å². The number of fused-ring (bicyclic) bond motifs is 4. The van der Waals surface area contributed by atoms with E-state index in [1.807, 2.05) is 11.3 Å². The molecule has 0 bridgehead atoms. The molecule has 5 aromatic rings. The Morgan fingerprint density at radius 1 is 0.800 bits per heavy atom. The zero-order valence-corrected chi connectivity index (χ0v) is 17.4. The second kappa shape index (κ2) is 6.82. The molecule has 1 atom stereocenters. The van der Waals surface area contributed by atoms with Crippen molar-refractivity contribution in [3.8, 4) is 11.1 Å². The van der Waals surface area contributed by atoms with Gasteiger partial charge in [0, 0.05) is 10.1 Å². The van der Waals surface area contributed by atoms with Gasteiger partial charge in [0.05, 0.1) is 22.4 Å². The number of aliphatic imine (C=N–C) groups is 1. The van der Waals surface area contributed by atoms with Gasteiger partial charge in [-0.05, 0) is 46.5 Å². The molecule has 0 saturated heterocycles. The van der Waals surface area contributed by atoms with E-state index in [1.165, 1.54) is 42.4 Å². The van der Waals surface area contributed by atoms with Gasteiger partial charge in [0.1, 0.15) is 0 Å². The summed E-state index contributed by atoms with van der Waals surface area (Å²) in [5.41, 5.74) is 4.90. The molecule has 1 unspecified atom stereocenters. The highest BCUT2D eigenvalue weighted by atomic mass is 32.1. The van der Waals surface area contributed by atoms with Crippen LogP contribution in [-0.4, -0.2) is 5.84 Å². The van der Waals surface area contributed by atoms with Gasteiger partial charge in [0.25, 0.3) is 0 Å². The SMILES string of the molecule is CC1=Nc2c(sc3ccccc23)C(c2cccc(-c3cccc4ccccc34)c2)N1. The minimum atomic E-state index is 0.116. The average Bonchev–Trinajstić information content (AvgIpc) is 3.17. The van der Waals surface area contributed by atoms with E-state index in [4.69, 9.17) is 4.99 Å². The number of hydrogen-bond donors (Lipinski definition) is 1. The van der Waals surface area contributed by atoms with Crippen molar-refractivity contribution in [3.63, 3.8) is 0 Å². The summed E-state index contributed by atoms with van der Waals surface area (Å²) >= 11 is 1.84. The number of benzene rings is 4. The Balaban J connectivity index is 1.51. The molecule has 3 heteroatoms. The number of rotatable bonds is 2. The van der Waals surface area contributed by atoms with E-state index in [0.717, 1.165) is 11.5 Å². The van der Waals surface area contributed by atoms with Crippen LogP contribution >= 0.6 is 11.3 Å². The second-order valence-electron chi connectivity index (χ2n) is 7.74. The third-order valence-corrected chi connectivity index (χ3v) is 7.04. The van der Waals surface area contributed by atoms with Gasteiger partial charge in [0.2, 0.25) is 0 Å². The molecule has 0 saturated carbocycles. The van der Waals surface area contributed by atoms with Gasteiger partial charge in [-0.2, -0.15) is 0 Å². The topological polar surface area (TPSA) is 24.4 Å². The highest BCUT2D eigenvalue weighted by Gasteiger charge is 2.26. The maximum absolute atomic E-state index is 4.85. The molecule has 144 valence electrons. The Kier molecular flexibility index (Phi) is 3.96. The maximum Gasteiger partial charge on any atom is 0.0999 e. The summed E-state index contributed by atoms with van der Waals surface area (Å²) < 4.78 is 1.29. The lowest BCUT2D eigenvalue weighted by Gasteiger charge is -2.24. The standard InChI is InChI=1S/C27H20N2S/c1-17-28-25(27-26(29-17)23-13-4-5-15-24(23)30-27)20-11-6-10-19(16-20)22-14-7-9-18-8-2-3-12-21(18)22/h2-16,25H,1H3,(H,28,29). The lowest BCUT2D eigenvalue weighted by Crippen LogP contribution is -2.29. The summed E-state index contributed by atoms with van der Waals surface area (Å²) in [7, 11) is 0. The average molecular weight is 405 g/mol. The van der Waals surface area contributed by atoms with Gasteiger partial charge in [-0.15, -0.1) is 11.3 Å². The van der Waals surface area contributed by atoms with E-state index < -0.39 is 0 Å². The summed E-state index contributed by atoms with van der Waals surface area (Å²) in [4.78, 5) is 6.14. The number of nitrogens with one attached hydrogen (secondary N) is 1. The third-order valence-electron chi connectivity index (χ3n) is 5.81. The smallest absolute Gasteiger partial charge is 0.0999 e. The first-order valence-electron chi connectivity index (χ1n) is 10.2. The lowest BCUT2D eigenvalue weighted by molar-refractivity contribution is 0.762. The van der Waals surface area contributed by atoms with Crippen molar-refractivity contribution in [1.82, 2.24) is 5.32 Å². The molecule has 0 aliphatic carbocycles. The van der Waals surface area contributed by atoms with Crippen LogP contribution in [0.3, 0.4) is 0 Å². The van der Waals surface area contributed by atoms with Crippen LogP contribution in [-0.2, 0) is 0 Å². The van der Waals surface area contributed by atoms with Gasteiger partial charge in [0.15, 0.2) is 0 Å². The van der Waals surface area contributed by atoms with E-state index >= 15 is 0 Å². The summed E-state index contributed by atoms with van der Waals surface area (Å²) in [6, 6.07) is 32.7. The predicted octanol–water partition coefficient (Wildman–Crippen LogP) is 7.46. The molecule has 0 spiro atoms. The molecule has 1 N–H and O–H groups in total. The number of thiophene rings is 1. The van der Waals surface area contributed by atoms with Gasteiger partial charge in [-0.1, -0.05) is 78.9 Å². The first-order valence-corrected chi connectivity index (χ1v) is 11.0. The molecular weight excluding hydrogens is 384 g/mol. The van der Waals surface area contributed by atoms with Crippen molar-refractivity contribution in [2.75, 3.05) is 0 Å². The fourth-order valence-corrected chi connectivity index (χ4v) is 5.66. The van der Waals surface area contributed by atoms with E-state index in [-0.39, 0.29) is 6.04 Å². The Hall–Kier alpha value is -3.43. The zero-order valence-electron chi connectivity index (χ0n) is 16.6. The molecule has 4 aromatic carbocycles. The molecule has 0 radical (unpaired) electrons. The van der Waals surface area contributed by atoms with Gasteiger partial charge < -0.3 is 5.32 Å². The van der Waals surface area contributed by atoms with Crippen molar-refractivity contribution >= 4 is 43.7 Å². The molecule has 1 aliphatic heterocycles. The summed E-state index contributed by atoms with van der Waals surface area (Å²) in [5.74, 6) is 0.964. The molecular formula is C27H20N2S. The Morgan fingerprint density at radius 3 is 2.50 bits per heavy atom. The van der Waals surface area contributed by atoms with Gasteiger partial charge in [-0.25, -0.2) is 4.99 Å². The van der Waals surface area contributed by atoms with Crippen molar-refractivity contribution in [3.05, 3.63) is 101 Å². The largest absolute Gasteiger partial charge is 0.362 e. The highest BCUT2D eigenvalue weighted by molar-refractivity contribution is 7.19. The summed E-state index contributed by atoms with van der Waals surface area (Å²) in [5, 5.41) is 7.43. The highest BCUT2D eigenvalue weighted by Crippen LogP contribution is 2.45. The molecule has 1 aromatic heterocycles. The summed E-state index contributed by atoms with van der Waals surface area (Å²) in [6.45, 7) is 2.05. The lowest BCUT2D eigenvalue weighted by atomic mass is 9.94. The van der Waals surface area contributed by atoms with E-state index in [9.17, 15) is 0 Å². The number of amidine groups is 1. The van der Waals surface area contributed by atoms with Crippen LogP contribution < -0.4 is 5.32 Å². The van der Waals surface area contributed by atoms with Crippen molar-refractivity contribution in [2.45, 2.75) is 13.0 Å². The monoisotopic (exact) mass is 404 g/mol. The molecule has 1 aliphatic rings. The minimum Gasteiger partial charge on any atom is -0.362 e. The van der Waals surface area contributed by atoms with Crippen LogP contribution in [0, 0.1) is 0 Å².